The van der Waals surface area contributed by atoms with Crippen LogP contribution in [0, 0.1) is 6.92 Å². The Morgan fingerprint density at radius 3 is 2.48 bits per heavy atom. The number of amides is 2. The number of rotatable bonds is 7. The molecule has 1 aromatic carbocycles. The number of anilines is 1. The number of nitrogens with one attached hydrogen (secondary N) is 2. The Balaban J connectivity index is 2.18. The van der Waals surface area contributed by atoms with Gasteiger partial charge in [-0.3, -0.25) is 14.5 Å². The minimum atomic E-state index is -0.629. The van der Waals surface area contributed by atoms with Crippen LogP contribution in [0.4, 0.5) is 5.82 Å². The third-order valence-electron chi connectivity index (χ3n) is 3.53. The van der Waals surface area contributed by atoms with Crippen LogP contribution in [-0.4, -0.2) is 41.5 Å². The molecule has 0 aliphatic heterocycles. The summed E-state index contributed by atoms with van der Waals surface area (Å²) in [7, 11) is 1.74. The molecule has 0 spiro atoms. The fraction of sp³-hybridized carbons (Fsp3) is 0.389. The summed E-state index contributed by atoms with van der Waals surface area (Å²) in [6.07, 6.45) is 0. The van der Waals surface area contributed by atoms with Gasteiger partial charge in [0.15, 0.2) is 5.82 Å². The monoisotopic (exact) mass is 344 g/mol. The number of hydrogen-bond donors (Lipinski definition) is 2. The second-order valence-corrected chi connectivity index (χ2v) is 6.26. The lowest BCUT2D eigenvalue weighted by Gasteiger charge is -2.27. The molecule has 0 saturated carbocycles. The van der Waals surface area contributed by atoms with Crippen molar-refractivity contribution in [2.75, 3.05) is 18.9 Å². The van der Waals surface area contributed by atoms with E-state index < -0.39 is 6.04 Å². The number of aryl methyl sites for hydroxylation is 1. The third-order valence-corrected chi connectivity index (χ3v) is 3.53. The predicted octanol–water partition coefficient (Wildman–Crippen LogP) is 2.12. The second kappa shape index (κ2) is 8.43. The summed E-state index contributed by atoms with van der Waals surface area (Å²) in [5.41, 5.74) is 0.792. The lowest BCUT2D eigenvalue weighted by molar-refractivity contribution is -0.125. The van der Waals surface area contributed by atoms with Crippen molar-refractivity contribution in [3.63, 3.8) is 0 Å². The van der Waals surface area contributed by atoms with Crippen LogP contribution in [0.2, 0.25) is 0 Å². The molecule has 2 aromatic rings. The maximum Gasteiger partial charge on any atom is 0.247 e. The molecular formula is C18H24N4O3. The number of aromatic nitrogens is 1. The number of benzene rings is 1. The van der Waals surface area contributed by atoms with Crippen molar-refractivity contribution in [2.45, 2.75) is 32.9 Å². The van der Waals surface area contributed by atoms with Gasteiger partial charge in [0.25, 0.3) is 0 Å². The number of likely N-dealkylation sites (N-methyl/N-ethyl adjacent to an activating group) is 1. The average Bonchev–Trinajstić information content (AvgIpc) is 2.92. The van der Waals surface area contributed by atoms with E-state index in [-0.39, 0.29) is 24.4 Å². The Labute approximate surface area is 147 Å². The van der Waals surface area contributed by atoms with E-state index in [1.54, 1.807) is 24.9 Å². The summed E-state index contributed by atoms with van der Waals surface area (Å²) in [6.45, 7) is 5.64. The number of nitrogens with zero attached hydrogens (tertiary/aromatic N) is 2. The Bertz CT molecular complexity index is 712. The van der Waals surface area contributed by atoms with Crippen LogP contribution in [-0.2, 0) is 9.59 Å². The van der Waals surface area contributed by atoms with Gasteiger partial charge in [-0.15, -0.1) is 0 Å². The van der Waals surface area contributed by atoms with E-state index in [4.69, 9.17) is 4.52 Å². The van der Waals surface area contributed by atoms with Gasteiger partial charge < -0.3 is 15.2 Å². The standard InChI is InChI=1S/C18H24N4O3/c1-12(2)19-16(23)11-22(4)17(14-8-6-5-7-9-14)18(24)20-15-10-13(3)25-21-15/h5-10,12,17H,11H2,1-4H3,(H,19,23)(H,20,21,24). The molecule has 2 amide bonds. The Kier molecular flexibility index (Phi) is 6.30. The highest BCUT2D eigenvalue weighted by Crippen LogP contribution is 2.21. The van der Waals surface area contributed by atoms with Gasteiger partial charge >= 0.3 is 0 Å². The maximum absolute atomic E-state index is 12.8. The molecule has 0 bridgehead atoms. The van der Waals surface area contributed by atoms with Crippen LogP contribution < -0.4 is 10.6 Å². The zero-order valence-electron chi connectivity index (χ0n) is 14.9. The van der Waals surface area contributed by atoms with Crippen molar-refractivity contribution in [3.05, 3.63) is 47.7 Å². The summed E-state index contributed by atoms with van der Waals surface area (Å²) in [4.78, 5) is 26.6. The predicted molar refractivity (Wildman–Crippen MR) is 95.0 cm³/mol. The van der Waals surface area contributed by atoms with E-state index in [2.05, 4.69) is 15.8 Å². The average molecular weight is 344 g/mol. The van der Waals surface area contributed by atoms with E-state index in [1.165, 1.54) is 0 Å². The van der Waals surface area contributed by atoms with Crippen LogP contribution in [0.15, 0.2) is 40.9 Å². The number of carbonyl (C=O) groups is 2. The van der Waals surface area contributed by atoms with E-state index >= 15 is 0 Å². The smallest absolute Gasteiger partial charge is 0.247 e. The SMILES string of the molecule is Cc1cc(NC(=O)C(c2ccccc2)N(C)CC(=O)NC(C)C)no1. The van der Waals surface area contributed by atoms with Crippen LogP contribution in [0.25, 0.3) is 0 Å². The first-order chi connectivity index (χ1) is 11.9. The van der Waals surface area contributed by atoms with E-state index in [9.17, 15) is 9.59 Å². The van der Waals surface area contributed by atoms with E-state index in [0.29, 0.717) is 11.6 Å². The largest absolute Gasteiger partial charge is 0.360 e. The highest BCUT2D eigenvalue weighted by molar-refractivity contribution is 5.95. The normalized spacial score (nSPS) is 12.2. The lowest BCUT2D eigenvalue weighted by atomic mass is 10.0. The van der Waals surface area contributed by atoms with Gasteiger partial charge in [-0.05, 0) is 33.4 Å². The fourth-order valence-electron chi connectivity index (χ4n) is 2.55. The van der Waals surface area contributed by atoms with Crippen LogP contribution in [0.3, 0.4) is 0 Å². The molecule has 0 fully saturated rings. The Morgan fingerprint density at radius 1 is 1.24 bits per heavy atom. The first-order valence-electron chi connectivity index (χ1n) is 8.15. The molecule has 0 saturated heterocycles. The quantitative estimate of drug-likeness (QED) is 0.803. The summed E-state index contributed by atoms with van der Waals surface area (Å²) in [5.74, 6) is 0.544. The van der Waals surface area contributed by atoms with Crippen molar-refractivity contribution in [1.82, 2.24) is 15.4 Å². The van der Waals surface area contributed by atoms with Crippen molar-refractivity contribution in [3.8, 4) is 0 Å². The van der Waals surface area contributed by atoms with E-state index in [1.807, 2.05) is 44.2 Å². The molecule has 1 atom stereocenters. The molecule has 2 N–H and O–H groups in total. The van der Waals surface area contributed by atoms with Gasteiger partial charge in [-0.1, -0.05) is 35.5 Å². The lowest BCUT2D eigenvalue weighted by Crippen LogP contribution is -2.43. The molecular weight excluding hydrogens is 320 g/mol. The molecule has 1 aromatic heterocycles. The minimum Gasteiger partial charge on any atom is -0.360 e. The van der Waals surface area contributed by atoms with Crippen LogP contribution in [0.5, 0.6) is 0 Å². The molecule has 7 heteroatoms. The van der Waals surface area contributed by atoms with Gasteiger partial charge in [-0.25, -0.2) is 0 Å². The third kappa shape index (κ3) is 5.42. The summed E-state index contributed by atoms with van der Waals surface area (Å²) in [5, 5.41) is 9.36. The maximum atomic E-state index is 12.8. The topological polar surface area (TPSA) is 87.5 Å². The van der Waals surface area contributed by atoms with E-state index in [0.717, 1.165) is 5.56 Å². The van der Waals surface area contributed by atoms with Crippen molar-refractivity contribution < 1.29 is 14.1 Å². The number of carbonyl (C=O) groups excluding carboxylic acids is 2. The first kappa shape index (κ1) is 18.7. The second-order valence-electron chi connectivity index (χ2n) is 6.26. The van der Waals surface area contributed by atoms with Crippen LogP contribution >= 0.6 is 0 Å². The molecule has 2 rings (SSSR count). The molecule has 0 aliphatic carbocycles. The Hall–Kier alpha value is -2.67. The molecule has 134 valence electrons. The zero-order valence-corrected chi connectivity index (χ0v) is 14.9. The molecule has 0 aliphatic rings. The molecule has 1 heterocycles. The first-order valence-corrected chi connectivity index (χ1v) is 8.15. The summed E-state index contributed by atoms with van der Waals surface area (Å²) >= 11 is 0. The molecule has 1 unspecified atom stereocenters. The van der Waals surface area contributed by atoms with Gasteiger partial charge in [0.1, 0.15) is 11.8 Å². The highest BCUT2D eigenvalue weighted by atomic mass is 16.5. The van der Waals surface area contributed by atoms with Crippen molar-refractivity contribution in [1.29, 1.82) is 0 Å². The molecule has 0 radical (unpaired) electrons. The molecule has 25 heavy (non-hydrogen) atoms. The van der Waals surface area contributed by atoms with Crippen molar-refractivity contribution in [2.24, 2.45) is 0 Å². The minimum absolute atomic E-state index is 0.0445. The van der Waals surface area contributed by atoms with Gasteiger partial charge in [-0.2, -0.15) is 0 Å². The van der Waals surface area contributed by atoms with Gasteiger partial charge in [0.2, 0.25) is 11.8 Å². The summed E-state index contributed by atoms with van der Waals surface area (Å²) in [6, 6.07) is 10.4. The van der Waals surface area contributed by atoms with Gasteiger partial charge in [0, 0.05) is 12.1 Å². The zero-order chi connectivity index (χ0) is 18.4. The highest BCUT2D eigenvalue weighted by Gasteiger charge is 2.27. The van der Waals surface area contributed by atoms with Gasteiger partial charge in [0.05, 0.1) is 6.54 Å². The summed E-state index contributed by atoms with van der Waals surface area (Å²) < 4.78 is 4.98. The van der Waals surface area contributed by atoms with Crippen molar-refractivity contribution >= 4 is 17.6 Å². The Morgan fingerprint density at radius 2 is 1.92 bits per heavy atom. The molecule has 7 nitrogen and oxygen atoms in total. The van der Waals surface area contributed by atoms with Crippen LogP contribution in [0.1, 0.15) is 31.2 Å². The fourth-order valence-corrected chi connectivity index (χ4v) is 2.55. The number of hydrogen-bond acceptors (Lipinski definition) is 5.